The van der Waals surface area contributed by atoms with Crippen LogP contribution in [0, 0.1) is 5.82 Å². The average molecular weight is 303 g/mol. The van der Waals surface area contributed by atoms with Crippen molar-refractivity contribution in [3.8, 4) is 0 Å². The second-order valence-corrected chi connectivity index (χ2v) is 5.67. The highest BCUT2D eigenvalue weighted by atomic mass is 19.1. The standard InChI is InChI=1S/C16H22FN5/c1-13-19-7-6-16(21-13,14-2-4-15(17)5-3-14)20-12-22-10-8-18-9-11-22/h2-7,18,20H,8-12H2,1H3,(H,19,21). The Kier molecular flexibility index (Phi) is 4.52. The van der Waals surface area contributed by atoms with Crippen molar-refractivity contribution in [2.75, 3.05) is 32.8 Å². The minimum atomic E-state index is -0.551. The zero-order valence-corrected chi connectivity index (χ0v) is 12.8. The number of aliphatic imine (C=N–C) groups is 1. The van der Waals surface area contributed by atoms with Crippen LogP contribution in [0.2, 0.25) is 0 Å². The predicted octanol–water partition coefficient (Wildman–Crippen LogP) is 0.966. The molecule has 0 saturated carbocycles. The van der Waals surface area contributed by atoms with E-state index in [1.807, 2.05) is 13.0 Å². The van der Waals surface area contributed by atoms with Gasteiger partial charge in [-0.25, -0.2) is 9.38 Å². The van der Waals surface area contributed by atoms with Gasteiger partial charge < -0.3 is 10.6 Å². The monoisotopic (exact) mass is 303 g/mol. The fourth-order valence-electron chi connectivity index (χ4n) is 2.81. The maximum Gasteiger partial charge on any atom is 0.138 e. The summed E-state index contributed by atoms with van der Waals surface area (Å²) in [5, 5.41) is 10.3. The van der Waals surface area contributed by atoms with Gasteiger partial charge in [0.25, 0.3) is 0 Å². The molecular weight excluding hydrogens is 281 g/mol. The number of rotatable bonds is 4. The highest BCUT2D eigenvalue weighted by Crippen LogP contribution is 2.23. The highest BCUT2D eigenvalue weighted by Gasteiger charge is 2.31. The zero-order valence-electron chi connectivity index (χ0n) is 12.8. The summed E-state index contributed by atoms with van der Waals surface area (Å²) in [5.41, 5.74) is 0.416. The number of nitrogens with zero attached hydrogens (tertiary/aromatic N) is 2. The van der Waals surface area contributed by atoms with Crippen molar-refractivity contribution in [3.63, 3.8) is 0 Å². The van der Waals surface area contributed by atoms with Crippen molar-refractivity contribution in [3.05, 3.63) is 47.9 Å². The Labute approximate surface area is 130 Å². The van der Waals surface area contributed by atoms with E-state index < -0.39 is 5.66 Å². The van der Waals surface area contributed by atoms with Gasteiger partial charge in [-0.15, -0.1) is 0 Å². The molecule has 0 aliphatic carbocycles. The summed E-state index contributed by atoms with van der Waals surface area (Å²) in [7, 11) is 0. The molecule has 118 valence electrons. The third kappa shape index (κ3) is 3.35. The van der Waals surface area contributed by atoms with Crippen LogP contribution >= 0.6 is 0 Å². The van der Waals surface area contributed by atoms with E-state index in [2.05, 4.69) is 25.8 Å². The molecular formula is C16H22FN5. The van der Waals surface area contributed by atoms with Crippen molar-refractivity contribution in [2.45, 2.75) is 12.6 Å². The van der Waals surface area contributed by atoms with Gasteiger partial charge in [-0.2, -0.15) is 0 Å². The fraction of sp³-hybridized carbons (Fsp3) is 0.438. The molecule has 5 nitrogen and oxygen atoms in total. The van der Waals surface area contributed by atoms with Crippen LogP contribution in [0.5, 0.6) is 0 Å². The maximum absolute atomic E-state index is 13.2. The number of halogens is 1. The first kappa shape index (κ1) is 15.1. The van der Waals surface area contributed by atoms with Gasteiger partial charge in [0, 0.05) is 32.4 Å². The molecule has 0 aromatic heterocycles. The molecule has 2 aliphatic heterocycles. The Hall–Kier alpha value is -1.76. The van der Waals surface area contributed by atoms with Crippen LogP contribution in [0.15, 0.2) is 41.5 Å². The summed E-state index contributed by atoms with van der Waals surface area (Å²) in [6.45, 7) is 6.73. The lowest BCUT2D eigenvalue weighted by Gasteiger charge is -2.38. The minimum Gasteiger partial charge on any atom is -0.349 e. The first-order valence-corrected chi connectivity index (χ1v) is 7.62. The lowest BCUT2D eigenvalue weighted by Crippen LogP contribution is -2.59. The van der Waals surface area contributed by atoms with Crippen LogP contribution in [-0.2, 0) is 5.66 Å². The first-order chi connectivity index (χ1) is 10.7. The molecule has 1 atom stereocenters. The normalized spacial score (nSPS) is 25.6. The smallest absolute Gasteiger partial charge is 0.138 e. The van der Waals surface area contributed by atoms with Crippen molar-refractivity contribution in [1.29, 1.82) is 0 Å². The number of benzene rings is 1. The van der Waals surface area contributed by atoms with E-state index in [0.717, 1.165) is 44.2 Å². The van der Waals surface area contributed by atoms with E-state index in [4.69, 9.17) is 0 Å². The zero-order chi connectivity index (χ0) is 15.4. The Bertz CT molecular complexity index is 562. The van der Waals surface area contributed by atoms with Gasteiger partial charge in [-0.3, -0.25) is 10.2 Å². The summed E-state index contributed by atoms with van der Waals surface area (Å²) < 4.78 is 13.2. The van der Waals surface area contributed by atoms with Crippen LogP contribution < -0.4 is 16.0 Å². The van der Waals surface area contributed by atoms with Gasteiger partial charge in [0.15, 0.2) is 0 Å². The lowest BCUT2D eigenvalue weighted by atomic mass is 9.98. The van der Waals surface area contributed by atoms with E-state index in [1.54, 1.807) is 18.3 Å². The highest BCUT2D eigenvalue weighted by molar-refractivity contribution is 5.82. The van der Waals surface area contributed by atoms with E-state index in [1.165, 1.54) is 12.1 Å². The van der Waals surface area contributed by atoms with Gasteiger partial charge >= 0.3 is 0 Å². The summed E-state index contributed by atoms with van der Waals surface area (Å²) >= 11 is 0. The maximum atomic E-state index is 13.2. The Morgan fingerprint density at radius 1 is 1.27 bits per heavy atom. The first-order valence-electron chi connectivity index (χ1n) is 7.62. The van der Waals surface area contributed by atoms with Gasteiger partial charge in [-0.1, -0.05) is 12.1 Å². The molecule has 1 saturated heterocycles. The van der Waals surface area contributed by atoms with Crippen molar-refractivity contribution >= 4 is 5.84 Å². The van der Waals surface area contributed by atoms with E-state index >= 15 is 0 Å². The lowest BCUT2D eigenvalue weighted by molar-refractivity contribution is 0.192. The molecule has 1 aromatic rings. The number of hydrogen-bond donors (Lipinski definition) is 3. The topological polar surface area (TPSA) is 51.7 Å². The van der Waals surface area contributed by atoms with E-state index in [-0.39, 0.29) is 5.82 Å². The van der Waals surface area contributed by atoms with Crippen molar-refractivity contribution in [2.24, 2.45) is 4.99 Å². The minimum absolute atomic E-state index is 0.230. The number of piperazine rings is 1. The number of nitrogens with one attached hydrogen (secondary N) is 3. The molecule has 0 amide bonds. The van der Waals surface area contributed by atoms with Crippen molar-refractivity contribution in [1.82, 2.24) is 20.9 Å². The summed E-state index contributed by atoms with van der Waals surface area (Å²) in [6, 6.07) is 6.58. The number of amidine groups is 1. The Morgan fingerprint density at radius 3 is 2.68 bits per heavy atom. The summed E-state index contributed by atoms with van der Waals surface area (Å²) in [5.74, 6) is 0.603. The van der Waals surface area contributed by atoms with Crippen LogP contribution in [0.3, 0.4) is 0 Å². The molecule has 22 heavy (non-hydrogen) atoms. The van der Waals surface area contributed by atoms with Crippen LogP contribution in [-0.4, -0.2) is 43.6 Å². The third-order valence-corrected chi connectivity index (χ3v) is 4.06. The summed E-state index contributed by atoms with van der Waals surface area (Å²) in [4.78, 5) is 6.61. The second-order valence-electron chi connectivity index (χ2n) is 5.67. The summed E-state index contributed by atoms with van der Waals surface area (Å²) in [6.07, 6.45) is 3.77. The second kappa shape index (κ2) is 6.56. The van der Waals surface area contributed by atoms with Crippen LogP contribution in [0.4, 0.5) is 4.39 Å². The van der Waals surface area contributed by atoms with Crippen LogP contribution in [0.25, 0.3) is 0 Å². The fourth-order valence-corrected chi connectivity index (χ4v) is 2.81. The largest absolute Gasteiger partial charge is 0.349 e. The third-order valence-electron chi connectivity index (χ3n) is 4.06. The molecule has 3 rings (SSSR count). The Balaban J connectivity index is 1.79. The quantitative estimate of drug-likeness (QED) is 0.776. The molecule has 0 bridgehead atoms. The number of hydrogen-bond acceptors (Lipinski definition) is 5. The van der Waals surface area contributed by atoms with Gasteiger partial charge in [0.2, 0.25) is 0 Å². The molecule has 1 unspecified atom stereocenters. The van der Waals surface area contributed by atoms with Gasteiger partial charge in [0.05, 0.1) is 6.67 Å². The molecule has 0 spiro atoms. The van der Waals surface area contributed by atoms with Gasteiger partial charge in [-0.05, 0) is 30.7 Å². The van der Waals surface area contributed by atoms with E-state index in [9.17, 15) is 4.39 Å². The molecule has 2 heterocycles. The molecule has 1 fully saturated rings. The van der Waals surface area contributed by atoms with Crippen molar-refractivity contribution < 1.29 is 4.39 Å². The Morgan fingerprint density at radius 2 is 2.00 bits per heavy atom. The van der Waals surface area contributed by atoms with E-state index in [0.29, 0.717) is 0 Å². The molecule has 3 N–H and O–H groups in total. The molecule has 6 heteroatoms. The van der Waals surface area contributed by atoms with Gasteiger partial charge in [0.1, 0.15) is 17.3 Å². The SMILES string of the molecule is CC1=NC=CC(NCN2CCNCC2)(c2ccc(F)cc2)N1. The molecule has 0 radical (unpaired) electrons. The predicted molar refractivity (Wildman–Crippen MR) is 85.9 cm³/mol. The average Bonchev–Trinajstić information content (AvgIpc) is 2.55. The molecule has 1 aromatic carbocycles. The van der Waals surface area contributed by atoms with Crippen LogP contribution in [0.1, 0.15) is 12.5 Å². The molecule has 2 aliphatic rings.